The van der Waals surface area contributed by atoms with Gasteiger partial charge in [-0.1, -0.05) is 23.2 Å². The van der Waals surface area contributed by atoms with E-state index in [1.165, 1.54) is 36.5 Å². The van der Waals surface area contributed by atoms with Crippen molar-refractivity contribution in [3.63, 3.8) is 0 Å². The number of halogens is 2. The summed E-state index contributed by atoms with van der Waals surface area (Å²) in [7, 11) is -3.98. The SMILES string of the molecule is O=C(O)C1CC1C(=O)Nc1ccc(S(=O)(=O)c2cc(Cl)ccc2Cl)nc1. The van der Waals surface area contributed by atoms with Crippen LogP contribution < -0.4 is 5.32 Å². The van der Waals surface area contributed by atoms with Gasteiger partial charge in [0.15, 0.2) is 5.03 Å². The Balaban J connectivity index is 1.78. The van der Waals surface area contributed by atoms with E-state index in [4.69, 9.17) is 28.3 Å². The molecule has 1 heterocycles. The molecule has 2 unspecified atom stereocenters. The molecule has 1 aromatic heterocycles. The van der Waals surface area contributed by atoms with Gasteiger partial charge in [-0.25, -0.2) is 13.4 Å². The van der Waals surface area contributed by atoms with Gasteiger partial charge in [0.2, 0.25) is 15.7 Å². The molecular weight excluding hydrogens is 403 g/mol. The molecule has 1 aliphatic carbocycles. The number of hydrogen-bond acceptors (Lipinski definition) is 5. The standard InChI is InChI=1S/C16H12Cl2N2O5S/c17-8-1-3-12(18)13(5-8)26(24,25)14-4-2-9(7-19-14)20-15(21)10-6-11(10)16(22)23/h1-5,7,10-11H,6H2,(H,20,21)(H,22,23). The molecule has 3 rings (SSSR count). The summed E-state index contributed by atoms with van der Waals surface area (Å²) in [5.74, 6) is -2.70. The third kappa shape index (κ3) is 3.67. The molecule has 2 N–H and O–H groups in total. The predicted molar refractivity (Wildman–Crippen MR) is 94.0 cm³/mol. The maximum Gasteiger partial charge on any atom is 0.307 e. The zero-order valence-electron chi connectivity index (χ0n) is 13.0. The second-order valence-corrected chi connectivity index (χ2v) is 8.45. The fraction of sp³-hybridized carbons (Fsp3) is 0.188. The second-order valence-electron chi connectivity index (χ2n) is 5.74. The Bertz CT molecular complexity index is 992. The summed E-state index contributed by atoms with van der Waals surface area (Å²) >= 11 is 11.8. The van der Waals surface area contributed by atoms with E-state index in [1.54, 1.807) is 0 Å². The number of carbonyl (C=O) groups excluding carboxylic acids is 1. The lowest BCUT2D eigenvalue weighted by atomic mass is 10.3. The number of carbonyl (C=O) groups is 2. The Morgan fingerprint density at radius 1 is 1.15 bits per heavy atom. The molecule has 10 heteroatoms. The molecule has 0 bridgehead atoms. The number of nitrogens with zero attached hydrogens (tertiary/aromatic N) is 1. The van der Waals surface area contributed by atoms with Gasteiger partial charge in [-0.2, -0.15) is 0 Å². The van der Waals surface area contributed by atoms with E-state index < -0.39 is 33.5 Å². The van der Waals surface area contributed by atoms with Crippen LogP contribution in [-0.2, 0) is 19.4 Å². The van der Waals surface area contributed by atoms with Crippen LogP contribution in [0, 0.1) is 11.8 Å². The van der Waals surface area contributed by atoms with Gasteiger partial charge in [0.1, 0.15) is 0 Å². The number of nitrogens with one attached hydrogen (secondary N) is 1. The predicted octanol–water partition coefficient (Wildman–Crippen LogP) is 2.88. The molecule has 26 heavy (non-hydrogen) atoms. The lowest BCUT2D eigenvalue weighted by Gasteiger charge is -2.08. The minimum absolute atomic E-state index is 0.0158. The number of benzene rings is 1. The fourth-order valence-electron chi connectivity index (χ4n) is 2.40. The molecule has 0 aliphatic heterocycles. The number of carboxylic acids is 1. The van der Waals surface area contributed by atoms with Crippen LogP contribution in [0.2, 0.25) is 10.0 Å². The number of aromatic nitrogens is 1. The lowest BCUT2D eigenvalue weighted by molar-refractivity contribution is -0.139. The molecule has 1 aliphatic rings. The molecule has 136 valence electrons. The lowest BCUT2D eigenvalue weighted by Crippen LogP contribution is -2.17. The highest BCUT2D eigenvalue weighted by atomic mass is 35.5. The maximum absolute atomic E-state index is 12.6. The summed E-state index contributed by atoms with van der Waals surface area (Å²) in [6.45, 7) is 0. The van der Waals surface area contributed by atoms with Crippen molar-refractivity contribution in [1.29, 1.82) is 0 Å². The van der Waals surface area contributed by atoms with Gasteiger partial charge in [0.25, 0.3) is 0 Å². The number of rotatable bonds is 5. The van der Waals surface area contributed by atoms with Gasteiger partial charge >= 0.3 is 5.97 Å². The van der Waals surface area contributed by atoms with E-state index in [-0.39, 0.29) is 32.1 Å². The van der Waals surface area contributed by atoms with Gasteiger partial charge in [-0.3, -0.25) is 9.59 Å². The highest BCUT2D eigenvalue weighted by molar-refractivity contribution is 7.91. The van der Waals surface area contributed by atoms with Gasteiger partial charge < -0.3 is 10.4 Å². The van der Waals surface area contributed by atoms with Gasteiger partial charge in [-0.15, -0.1) is 0 Å². The van der Waals surface area contributed by atoms with Gasteiger partial charge in [0.05, 0.1) is 33.6 Å². The number of pyridine rings is 1. The van der Waals surface area contributed by atoms with Crippen LogP contribution >= 0.6 is 23.2 Å². The average Bonchev–Trinajstić information content (AvgIpc) is 3.38. The van der Waals surface area contributed by atoms with Crippen molar-refractivity contribution in [2.75, 3.05) is 5.32 Å². The first-order valence-electron chi connectivity index (χ1n) is 7.40. The summed E-state index contributed by atoms with van der Waals surface area (Å²) < 4.78 is 25.2. The minimum Gasteiger partial charge on any atom is -0.481 e. The number of anilines is 1. The summed E-state index contributed by atoms with van der Waals surface area (Å²) in [5.41, 5.74) is 0.266. The van der Waals surface area contributed by atoms with Crippen molar-refractivity contribution in [1.82, 2.24) is 4.98 Å². The van der Waals surface area contributed by atoms with E-state index in [0.29, 0.717) is 0 Å². The Morgan fingerprint density at radius 3 is 2.46 bits per heavy atom. The van der Waals surface area contributed by atoms with E-state index in [9.17, 15) is 18.0 Å². The number of hydrogen-bond donors (Lipinski definition) is 2. The van der Waals surface area contributed by atoms with Crippen molar-refractivity contribution >= 4 is 50.6 Å². The molecule has 1 saturated carbocycles. The summed E-state index contributed by atoms with van der Waals surface area (Å²) in [6.07, 6.45) is 1.47. The largest absolute Gasteiger partial charge is 0.481 e. The molecule has 1 fully saturated rings. The van der Waals surface area contributed by atoms with Crippen LogP contribution in [-0.4, -0.2) is 30.4 Å². The van der Waals surface area contributed by atoms with E-state index >= 15 is 0 Å². The average molecular weight is 415 g/mol. The van der Waals surface area contributed by atoms with E-state index in [2.05, 4.69) is 10.3 Å². The number of aliphatic carboxylic acids is 1. The fourth-order valence-corrected chi connectivity index (χ4v) is 4.33. The van der Waals surface area contributed by atoms with Crippen molar-refractivity contribution in [3.8, 4) is 0 Å². The van der Waals surface area contributed by atoms with Gasteiger partial charge in [0, 0.05) is 5.02 Å². The summed E-state index contributed by atoms with van der Waals surface area (Å²) in [6, 6.07) is 6.67. The molecular formula is C16H12Cl2N2O5S. The molecule has 2 atom stereocenters. The first-order valence-corrected chi connectivity index (χ1v) is 9.64. The molecule has 1 amide bonds. The Labute approximate surface area is 158 Å². The number of amides is 1. The number of sulfone groups is 1. The molecule has 0 radical (unpaired) electrons. The van der Waals surface area contributed by atoms with Crippen molar-refractivity contribution in [2.45, 2.75) is 16.3 Å². The van der Waals surface area contributed by atoms with E-state index in [0.717, 1.165) is 0 Å². The molecule has 7 nitrogen and oxygen atoms in total. The second kappa shape index (κ2) is 6.86. The van der Waals surface area contributed by atoms with Crippen LogP contribution in [0.25, 0.3) is 0 Å². The van der Waals surface area contributed by atoms with Crippen molar-refractivity contribution < 1.29 is 23.1 Å². The minimum atomic E-state index is -3.98. The third-order valence-electron chi connectivity index (χ3n) is 3.91. The van der Waals surface area contributed by atoms with Crippen LogP contribution in [0.3, 0.4) is 0 Å². The molecule has 2 aromatic rings. The van der Waals surface area contributed by atoms with Gasteiger partial charge in [-0.05, 0) is 36.8 Å². The quantitative estimate of drug-likeness (QED) is 0.777. The smallest absolute Gasteiger partial charge is 0.307 e. The summed E-state index contributed by atoms with van der Waals surface area (Å²) in [4.78, 5) is 26.4. The van der Waals surface area contributed by atoms with Crippen molar-refractivity contribution in [2.24, 2.45) is 11.8 Å². The van der Waals surface area contributed by atoms with Crippen LogP contribution in [0.4, 0.5) is 5.69 Å². The normalized spacial score (nSPS) is 19.0. The Kier molecular flexibility index (Phi) is 4.92. The first-order chi connectivity index (χ1) is 12.2. The third-order valence-corrected chi connectivity index (χ3v) is 6.29. The Hall–Kier alpha value is -2.16. The number of carboxylic acid groups (broad SMARTS) is 1. The zero-order chi connectivity index (χ0) is 19.1. The van der Waals surface area contributed by atoms with Crippen LogP contribution in [0.1, 0.15) is 6.42 Å². The zero-order valence-corrected chi connectivity index (χ0v) is 15.3. The Morgan fingerprint density at radius 2 is 1.88 bits per heavy atom. The summed E-state index contributed by atoms with van der Waals surface area (Å²) in [5, 5.41) is 11.3. The van der Waals surface area contributed by atoms with Crippen LogP contribution in [0.15, 0.2) is 46.5 Å². The highest BCUT2D eigenvalue weighted by Crippen LogP contribution is 2.39. The van der Waals surface area contributed by atoms with E-state index in [1.807, 2.05) is 0 Å². The monoisotopic (exact) mass is 414 g/mol. The topological polar surface area (TPSA) is 113 Å². The van der Waals surface area contributed by atoms with Crippen LogP contribution in [0.5, 0.6) is 0 Å². The molecule has 0 spiro atoms. The first kappa shape index (κ1) is 18.6. The molecule has 1 aromatic carbocycles. The maximum atomic E-state index is 12.6. The highest BCUT2D eigenvalue weighted by Gasteiger charge is 2.48. The van der Waals surface area contributed by atoms with Crippen molar-refractivity contribution in [3.05, 3.63) is 46.6 Å². The molecule has 0 saturated heterocycles.